The fourth-order valence-electron chi connectivity index (χ4n) is 8.23. The van der Waals surface area contributed by atoms with E-state index in [-0.39, 0.29) is 43.9 Å². The summed E-state index contributed by atoms with van der Waals surface area (Å²) in [5.74, 6) is -1.19. The van der Waals surface area contributed by atoms with Gasteiger partial charge in [-0.1, -0.05) is 58.4 Å². The minimum atomic E-state index is -3.85. The van der Waals surface area contributed by atoms with E-state index in [0.29, 0.717) is 51.0 Å². The molecule has 3 aliphatic carbocycles. The largest absolute Gasteiger partial charge is 0.489 e. The van der Waals surface area contributed by atoms with E-state index in [1.165, 1.54) is 4.90 Å². The van der Waals surface area contributed by atoms with Crippen LogP contribution in [0.1, 0.15) is 96.6 Å². The number of amides is 4. The highest BCUT2D eigenvalue weighted by Gasteiger charge is 2.62. The Morgan fingerprint density at radius 3 is 2.48 bits per heavy atom. The van der Waals surface area contributed by atoms with Crippen LogP contribution in [0.3, 0.4) is 0 Å². The Hall–Kier alpha value is -4.14. The quantitative estimate of drug-likeness (QED) is 0.379. The van der Waals surface area contributed by atoms with Crippen molar-refractivity contribution in [3.63, 3.8) is 0 Å². The number of ether oxygens (including phenoxy) is 3. The van der Waals surface area contributed by atoms with Gasteiger partial charge in [-0.2, -0.15) is 0 Å². The number of benzene rings is 1. The van der Waals surface area contributed by atoms with Crippen LogP contribution in [0.5, 0.6) is 5.75 Å². The van der Waals surface area contributed by atoms with Crippen LogP contribution in [-0.4, -0.2) is 91.2 Å². The van der Waals surface area contributed by atoms with Gasteiger partial charge in [0.25, 0.3) is 0 Å². The molecule has 1 aromatic rings. The topological polar surface area (TPSA) is 178 Å². The Labute approximate surface area is 316 Å². The van der Waals surface area contributed by atoms with Crippen LogP contribution in [0.15, 0.2) is 30.4 Å². The van der Waals surface area contributed by atoms with Crippen molar-refractivity contribution >= 4 is 39.8 Å². The van der Waals surface area contributed by atoms with Crippen molar-refractivity contribution in [1.29, 1.82) is 0 Å². The highest BCUT2D eigenvalue weighted by molar-refractivity contribution is 7.90. The van der Waals surface area contributed by atoms with Crippen LogP contribution < -0.4 is 14.8 Å². The molecule has 7 rings (SSSR count). The molecule has 6 aliphatic rings. The van der Waals surface area contributed by atoms with Crippen molar-refractivity contribution in [1.82, 2.24) is 19.8 Å². The number of ketones is 1. The van der Waals surface area contributed by atoms with E-state index >= 15 is 0 Å². The van der Waals surface area contributed by atoms with Crippen LogP contribution >= 0.6 is 0 Å². The van der Waals surface area contributed by atoms with Crippen LogP contribution in [0.2, 0.25) is 0 Å². The molecule has 1 spiro atoms. The molecule has 2 N–H and O–H groups in total. The number of Topliss-reactive ketones (excluding diaryl/α,β-unsaturated/α-hetero) is 1. The summed E-state index contributed by atoms with van der Waals surface area (Å²) in [4.78, 5) is 72.4. The van der Waals surface area contributed by atoms with Gasteiger partial charge in [-0.25, -0.2) is 18.0 Å². The molecule has 15 heteroatoms. The number of nitrogens with one attached hydrogen (secondary N) is 2. The van der Waals surface area contributed by atoms with Crippen LogP contribution in [0.25, 0.3) is 0 Å². The number of nitrogens with zero attached hydrogens (tertiary/aromatic N) is 2. The fourth-order valence-corrected chi connectivity index (χ4v) is 9.62. The van der Waals surface area contributed by atoms with Crippen LogP contribution in [0.4, 0.5) is 9.59 Å². The van der Waals surface area contributed by atoms with Gasteiger partial charge in [-0.15, -0.1) is 0 Å². The lowest BCUT2D eigenvalue weighted by atomic mass is 9.85. The van der Waals surface area contributed by atoms with E-state index in [2.05, 4.69) is 10.0 Å². The maximum absolute atomic E-state index is 14.6. The number of cyclic esters (lactones) is 1. The molecule has 54 heavy (non-hydrogen) atoms. The smallest absolute Gasteiger partial charge is 0.410 e. The third kappa shape index (κ3) is 7.83. The summed E-state index contributed by atoms with van der Waals surface area (Å²) < 4.78 is 45.5. The molecular weight excluding hydrogens is 717 g/mol. The molecule has 1 saturated heterocycles. The van der Waals surface area contributed by atoms with Gasteiger partial charge in [-0.3, -0.25) is 24.0 Å². The normalized spacial score (nSPS) is 30.3. The summed E-state index contributed by atoms with van der Waals surface area (Å²) in [7, 11) is -3.85. The number of carbonyl (C=O) groups is 5. The van der Waals surface area contributed by atoms with Crippen molar-refractivity contribution in [3.8, 4) is 5.75 Å². The van der Waals surface area contributed by atoms with Crippen LogP contribution in [-0.2, 0) is 47.0 Å². The summed E-state index contributed by atoms with van der Waals surface area (Å²) in [6, 6.07) is 3.50. The van der Waals surface area contributed by atoms with E-state index in [0.717, 1.165) is 24.0 Å². The SMILES string of the molecule is CC[C@H]1C[C@@]1(CC(=O)C1C[C@@H]2CN1C(=O)[C@H](C(C)(C)C)NC(=O)OCC1(C/C=C/COc3cccc4c3CN(C4)C(=O)O2)CC1)C(=O)NS(=O)(=O)C1CC1. The first kappa shape index (κ1) is 38.1. The van der Waals surface area contributed by atoms with Gasteiger partial charge in [-0.05, 0) is 61.5 Å². The van der Waals surface area contributed by atoms with Crippen molar-refractivity contribution in [2.24, 2.45) is 22.2 Å². The van der Waals surface area contributed by atoms with Gasteiger partial charge >= 0.3 is 12.2 Å². The highest BCUT2D eigenvalue weighted by atomic mass is 32.2. The first-order chi connectivity index (χ1) is 25.5. The monoisotopic (exact) mass is 768 g/mol. The number of carbonyl (C=O) groups excluding carboxylic acids is 5. The maximum Gasteiger partial charge on any atom is 0.410 e. The van der Waals surface area contributed by atoms with Gasteiger partial charge < -0.3 is 24.4 Å². The van der Waals surface area contributed by atoms with E-state index in [1.54, 1.807) is 25.7 Å². The number of hydrogen-bond acceptors (Lipinski definition) is 10. The lowest BCUT2D eigenvalue weighted by Gasteiger charge is -2.35. The Morgan fingerprint density at radius 1 is 1.06 bits per heavy atom. The Morgan fingerprint density at radius 2 is 1.81 bits per heavy atom. The first-order valence-electron chi connectivity index (χ1n) is 19.2. The zero-order valence-corrected chi connectivity index (χ0v) is 32.4. The number of hydrogen-bond donors (Lipinski definition) is 2. The number of sulfonamides is 1. The third-order valence-electron chi connectivity index (χ3n) is 12.1. The van der Waals surface area contributed by atoms with E-state index in [4.69, 9.17) is 14.2 Å². The summed E-state index contributed by atoms with van der Waals surface area (Å²) in [6.45, 7) is 8.26. The molecule has 5 atom stereocenters. The minimum absolute atomic E-state index is 0.0174. The average Bonchev–Trinajstić information content (AvgIpc) is 4.07. The maximum atomic E-state index is 14.6. The molecule has 4 fully saturated rings. The molecule has 14 nitrogen and oxygen atoms in total. The van der Waals surface area contributed by atoms with E-state index in [9.17, 15) is 32.4 Å². The second kappa shape index (κ2) is 14.2. The van der Waals surface area contributed by atoms with Crippen molar-refractivity contribution in [2.75, 3.05) is 19.8 Å². The third-order valence-corrected chi connectivity index (χ3v) is 14.0. The number of alkyl carbamates (subject to hydrolysis) is 1. The Kier molecular flexibility index (Phi) is 10.0. The molecule has 0 aromatic heterocycles. The van der Waals surface area contributed by atoms with Gasteiger partial charge in [0, 0.05) is 30.4 Å². The molecule has 1 unspecified atom stereocenters. The Bertz CT molecular complexity index is 1850. The molecular formula is C39H52N4O10S. The number of fused-ring (bicyclic) bond motifs is 3. The molecule has 3 aliphatic heterocycles. The molecule has 4 amide bonds. The molecule has 0 radical (unpaired) electrons. The first-order valence-corrected chi connectivity index (χ1v) is 20.8. The minimum Gasteiger partial charge on any atom is -0.489 e. The van der Waals surface area contributed by atoms with E-state index < -0.39 is 74.1 Å². The van der Waals surface area contributed by atoms with Crippen LogP contribution in [0, 0.1) is 22.2 Å². The van der Waals surface area contributed by atoms with E-state index in [1.807, 2.05) is 37.3 Å². The number of rotatable bonds is 7. The zero-order chi connectivity index (χ0) is 38.6. The van der Waals surface area contributed by atoms with Gasteiger partial charge in [0.15, 0.2) is 5.78 Å². The van der Waals surface area contributed by atoms with Gasteiger partial charge in [0.05, 0.1) is 36.4 Å². The second-order valence-corrected chi connectivity index (χ2v) is 19.2. The predicted molar refractivity (Wildman–Crippen MR) is 195 cm³/mol. The Balaban J connectivity index is 1.16. The lowest BCUT2D eigenvalue weighted by molar-refractivity contribution is -0.142. The molecule has 3 saturated carbocycles. The van der Waals surface area contributed by atoms with Gasteiger partial charge in [0.2, 0.25) is 21.8 Å². The molecule has 1 aromatic carbocycles. The molecule has 4 bridgehead atoms. The van der Waals surface area contributed by atoms with Crippen molar-refractivity contribution in [2.45, 2.75) is 122 Å². The average molecular weight is 769 g/mol. The second-order valence-electron chi connectivity index (χ2n) is 17.3. The summed E-state index contributed by atoms with van der Waals surface area (Å²) in [6.07, 6.45) is 5.82. The fraction of sp³-hybridized carbons (Fsp3) is 0.667. The predicted octanol–water partition coefficient (Wildman–Crippen LogP) is 4.35. The summed E-state index contributed by atoms with van der Waals surface area (Å²) in [5.41, 5.74) is -0.391. The van der Waals surface area contributed by atoms with Crippen molar-refractivity contribution < 1.29 is 46.6 Å². The number of allylic oxidation sites excluding steroid dienone is 1. The van der Waals surface area contributed by atoms with Crippen molar-refractivity contribution in [3.05, 3.63) is 41.5 Å². The zero-order valence-electron chi connectivity index (χ0n) is 31.6. The summed E-state index contributed by atoms with van der Waals surface area (Å²) >= 11 is 0. The highest BCUT2D eigenvalue weighted by Crippen LogP contribution is 2.58. The summed E-state index contributed by atoms with van der Waals surface area (Å²) in [5, 5.41) is 2.16. The van der Waals surface area contributed by atoms with Gasteiger partial charge in [0.1, 0.15) is 24.5 Å². The standard InChI is InChI=1S/C39H52N4O10S/c1-5-25-18-39(25,34(46)41-54(49,50)27-11-12-27)19-30(44)29-17-26-21-43(29)33(45)32(37(2,3)4)40-35(47)52-23-38(14-15-38)13-6-7-16-51-31-10-8-9-24-20-42(22-28(24)31)36(48)53-26/h6-10,25-27,29,32H,5,11-23H2,1-4H3,(H,40,47)(H,41,46)/b7-6+/t25-,26+,29?,32+,39-/m0/s1. The molecule has 294 valence electrons. The lowest BCUT2D eigenvalue weighted by Crippen LogP contribution is -2.57. The molecule has 3 heterocycles.